The van der Waals surface area contributed by atoms with Crippen LogP contribution in [0.5, 0.6) is 0 Å². The number of amides is 1. The molecule has 2 saturated heterocycles. The minimum atomic E-state index is -0.0635. The number of nitrogens with zero attached hydrogens (tertiary/aromatic N) is 1. The minimum absolute atomic E-state index is 0.0635. The average Bonchev–Trinajstić information content (AvgIpc) is 3.17. The SMILES string of the molecule is COC1CNC(C(=O)NC2CCN(C3CC3)CC2)C1. The van der Waals surface area contributed by atoms with Gasteiger partial charge in [0.15, 0.2) is 0 Å². The average molecular weight is 267 g/mol. The number of hydrogen-bond acceptors (Lipinski definition) is 4. The number of carbonyl (C=O) groups is 1. The summed E-state index contributed by atoms with van der Waals surface area (Å²) in [6.45, 7) is 3.08. The number of rotatable bonds is 4. The van der Waals surface area contributed by atoms with Gasteiger partial charge in [0.2, 0.25) is 5.91 Å². The smallest absolute Gasteiger partial charge is 0.237 e. The maximum atomic E-state index is 12.2. The quantitative estimate of drug-likeness (QED) is 0.759. The molecule has 2 aliphatic heterocycles. The Labute approximate surface area is 115 Å². The van der Waals surface area contributed by atoms with Crippen molar-refractivity contribution in [1.82, 2.24) is 15.5 Å². The first kappa shape index (κ1) is 13.3. The zero-order chi connectivity index (χ0) is 13.2. The van der Waals surface area contributed by atoms with Crippen molar-refractivity contribution in [2.45, 2.75) is 56.3 Å². The topological polar surface area (TPSA) is 53.6 Å². The Kier molecular flexibility index (Phi) is 4.05. The first-order chi connectivity index (χ1) is 9.26. The molecule has 2 heterocycles. The van der Waals surface area contributed by atoms with E-state index in [1.54, 1.807) is 7.11 Å². The summed E-state index contributed by atoms with van der Waals surface area (Å²) in [6, 6.07) is 1.16. The predicted molar refractivity (Wildman–Crippen MR) is 73.0 cm³/mol. The van der Waals surface area contributed by atoms with Crippen molar-refractivity contribution in [1.29, 1.82) is 0 Å². The van der Waals surface area contributed by atoms with E-state index in [-0.39, 0.29) is 18.1 Å². The van der Waals surface area contributed by atoms with Crippen LogP contribution in [0.15, 0.2) is 0 Å². The molecule has 3 rings (SSSR count). The van der Waals surface area contributed by atoms with Crippen LogP contribution in [-0.2, 0) is 9.53 Å². The van der Waals surface area contributed by atoms with Crippen molar-refractivity contribution in [3.05, 3.63) is 0 Å². The fourth-order valence-electron chi connectivity index (χ4n) is 3.23. The van der Waals surface area contributed by atoms with Crippen LogP contribution in [0, 0.1) is 0 Å². The van der Waals surface area contributed by atoms with E-state index in [1.807, 2.05) is 0 Å². The highest BCUT2D eigenvalue weighted by molar-refractivity contribution is 5.82. The highest BCUT2D eigenvalue weighted by Crippen LogP contribution is 2.29. The van der Waals surface area contributed by atoms with Gasteiger partial charge in [0, 0.05) is 38.8 Å². The Balaban J connectivity index is 1.40. The summed E-state index contributed by atoms with van der Waals surface area (Å²) >= 11 is 0. The van der Waals surface area contributed by atoms with Crippen molar-refractivity contribution in [2.75, 3.05) is 26.7 Å². The summed E-state index contributed by atoms with van der Waals surface area (Å²) in [5, 5.41) is 6.44. The second kappa shape index (κ2) is 5.77. The molecular formula is C14H25N3O2. The molecule has 3 fully saturated rings. The molecule has 0 aromatic rings. The fraction of sp³-hybridized carbons (Fsp3) is 0.929. The number of likely N-dealkylation sites (tertiary alicyclic amines) is 1. The van der Waals surface area contributed by atoms with E-state index in [0.29, 0.717) is 6.04 Å². The molecule has 1 aliphatic carbocycles. The molecule has 0 spiro atoms. The molecule has 0 aromatic heterocycles. The zero-order valence-electron chi connectivity index (χ0n) is 11.7. The summed E-state index contributed by atoms with van der Waals surface area (Å²) < 4.78 is 5.28. The van der Waals surface area contributed by atoms with Crippen molar-refractivity contribution < 1.29 is 9.53 Å². The van der Waals surface area contributed by atoms with E-state index in [2.05, 4.69) is 15.5 Å². The lowest BCUT2D eigenvalue weighted by molar-refractivity contribution is -0.124. The number of hydrogen-bond donors (Lipinski definition) is 2. The Morgan fingerprint density at radius 1 is 1.26 bits per heavy atom. The summed E-state index contributed by atoms with van der Waals surface area (Å²) in [6.07, 6.45) is 5.93. The van der Waals surface area contributed by atoms with E-state index < -0.39 is 0 Å². The molecular weight excluding hydrogens is 242 g/mol. The maximum Gasteiger partial charge on any atom is 0.237 e. The third-order valence-electron chi connectivity index (χ3n) is 4.68. The lowest BCUT2D eigenvalue weighted by Crippen LogP contribution is -2.49. The molecule has 0 bridgehead atoms. The third kappa shape index (κ3) is 3.27. The molecule has 1 saturated carbocycles. The number of methoxy groups -OCH3 is 1. The summed E-state index contributed by atoms with van der Waals surface area (Å²) in [7, 11) is 1.71. The summed E-state index contributed by atoms with van der Waals surface area (Å²) in [4.78, 5) is 14.7. The zero-order valence-corrected chi connectivity index (χ0v) is 11.7. The van der Waals surface area contributed by atoms with Gasteiger partial charge in [-0.3, -0.25) is 4.79 Å². The highest BCUT2D eigenvalue weighted by Gasteiger charge is 2.34. The predicted octanol–water partition coefficient (Wildman–Crippen LogP) is 0.106. The second-order valence-electron chi connectivity index (χ2n) is 6.10. The van der Waals surface area contributed by atoms with Crippen LogP contribution in [0.4, 0.5) is 0 Å². The van der Waals surface area contributed by atoms with Gasteiger partial charge in [-0.15, -0.1) is 0 Å². The first-order valence-electron chi connectivity index (χ1n) is 7.57. The van der Waals surface area contributed by atoms with Crippen molar-refractivity contribution >= 4 is 5.91 Å². The summed E-state index contributed by atoms with van der Waals surface area (Å²) in [5.74, 6) is 0.157. The normalized spacial score (nSPS) is 33.5. The molecule has 5 heteroatoms. The molecule has 19 heavy (non-hydrogen) atoms. The molecule has 0 radical (unpaired) electrons. The van der Waals surface area contributed by atoms with Gasteiger partial charge in [0.05, 0.1) is 12.1 Å². The number of piperidine rings is 1. The molecule has 1 amide bonds. The van der Waals surface area contributed by atoms with Crippen LogP contribution >= 0.6 is 0 Å². The molecule has 2 unspecified atom stereocenters. The van der Waals surface area contributed by atoms with Gasteiger partial charge < -0.3 is 20.3 Å². The monoisotopic (exact) mass is 267 g/mol. The second-order valence-corrected chi connectivity index (χ2v) is 6.10. The van der Waals surface area contributed by atoms with Crippen LogP contribution in [0.1, 0.15) is 32.1 Å². The number of carbonyl (C=O) groups excluding carboxylic acids is 1. The molecule has 108 valence electrons. The first-order valence-corrected chi connectivity index (χ1v) is 7.57. The van der Waals surface area contributed by atoms with Crippen molar-refractivity contribution in [3.8, 4) is 0 Å². The largest absolute Gasteiger partial charge is 0.380 e. The highest BCUT2D eigenvalue weighted by atomic mass is 16.5. The van der Waals surface area contributed by atoms with Crippen molar-refractivity contribution in [2.24, 2.45) is 0 Å². The Bertz CT molecular complexity index is 325. The van der Waals surface area contributed by atoms with Gasteiger partial charge in [-0.1, -0.05) is 0 Å². The van der Waals surface area contributed by atoms with E-state index in [9.17, 15) is 4.79 Å². The molecule has 0 aromatic carbocycles. The van der Waals surface area contributed by atoms with Gasteiger partial charge in [-0.25, -0.2) is 0 Å². The minimum Gasteiger partial charge on any atom is -0.380 e. The van der Waals surface area contributed by atoms with Crippen LogP contribution in [0.25, 0.3) is 0 Å². The van der Waals surface area contributed by atoms with E-state index in [0.717, 1.165) is 44.9 Å². The number of ether oxygens (including phenoxy) is 1. The van der Waals surface area contributed by atoms with Crippen LogP contribution in [0.3, 0.4) is 0 Å². The number of nitrogens with one attached hydrogen (secondary N) is 2. The van der Waals surface area contributed by atoms with Crippen LogP contribution < -0.4 is 10.6 Å². The maximum absolute atomic E-state index is 12.2. The fourth-order valence-corrected chi connectivity index (χ4v) is 3.23. The van der Waals surface area contributed by atoms with Gasteiger partial charge in [-0.2, -0.15) is 0 Å². The lowest BCUT2D eigenvalue weighted by atomic mass is 10.0. The van der Waals surface area contributed by atoms with Crippen molar-refractivity contribution in [3.63, 3.8) is 0 Å². The molecule has 2 atom stereocenters. The van der Waals surface area contributed by atoms with Gasteiger partial charge in [0.1, 0.15) is 0 Å². The van der Waals surface area contributed by atoms with Gasteiger partial charge in [0.25, 0.3) is 0 Å². The molecule has 5 nitrogen and oxygen atoms in total. The van der Waals surface area contributed by atoms with Gasteiger partial charge in [-0.05, 0) is 32.1 Å². The van der Waals surface area contributed by atoms with E-state index >= 15 is 0 Å². The lowest BCUT2D eigenvalue weighted by Gasteiger charge is -2.32. The Morgan fingerprint density at radius 3 is 2.58 bits per heavy atom. The third-order valence-corrected chi connectivity index (χ3v) is 4.68. The molecule has 2 N–H and O–H groups in total. The van der Waals surface area contributed by atoms with Crippen LogP contribution in [0.2, 0.25) is 0 Å². The molecule has 3 aliphatic rings. The van der Waals surface area contributed by atoms with Gasteiger partial charge >= 0.3 is 0 Å². The standard InChI is InChI=1S/C14H25N3O2/c1-19-12-8-13(15-9-12)14(18)16-10-4-6-17(7-5-10)11-2-3-11/h10-13,15H,2-9H2,1H3,(H,16,18). The van der Waals surface area contributed by atoms with Crippen LogP contribution in [-0.4, -0.2) is 61.8 Å². The Morgan fingerprint density at radius 2 is 2.00 bits per heavy atom. The summed E-state index contributed by atoms with van der Waals surface area (Å²) in [5.41, 5.74) is 0. The Hall–Kier alpha value is -0.650. The van der Waals surface area contributed by atoms with E-state index in [4.69, 9.17) is 4.74 Å². The van der Waals surface area contributed by atoms with E-state index in [1.165, 1.54) is 12.8 Å².